The third kappa shape index (κ3) is 29.5. The number of hydrogen-bond donors (Lipinski definition) is 5. The van der Waals surface area contributed by atoms with Gasteiger partial charge in [-0.2, -0.15) is 53.4 Å². The number of aromatic nitrogens is 8. The first kappa shape index (κ1) is 110. The maximum Gasteiger partial charge on any atom is 0.435 e. The molecule has 146 heavy (non-hydrogen) atoms. The maximum atomic E-state index is 13.4. The van der Waals surface area contributed by atoms with Gasteiger partial charge in [0, 0.05) is 85.7 Å². The van der Waals surface area contributed by atoms with E-state index in [9.17, 15) is 84.9 Å². The van der Waals surface area contributed by atoms with Crippen LogP contribution < -0.4 is 36.7 Å². The molecule has 1 aliphatic heterocycles. The number of primary sulfonamides is 1. The fourth-order valence-electron chi connectivity index (χ4n) is 14.0. The predicted molar refractivity (Wildman–Crippen MR) is 530 cm³/mol. The van der Waals surface area contributed by atoms with Gasteiger partial charge in [0.05, 0.1) is 102 Å². The molecule has 0 saturated carbocycles. The number of aryl methyl sites for hydroxylation is 3. The normalized spacial score (nSPS) is 12.3. The number of nitrogens with one attached hydrogen (secondary N) is 2. The minimum Gasteiger partial charge on any atom is -0.455 e. The molecule has 5 aromatic heterocycles. The summed E-state index contributed by atoms with van der Waals surface area (Å²) in [5.41, 5.74) is 8.55. The van der Waals surface area contributed by atoms with Crippen LogP contribution in [-0.2, 0) is 83.9 Å². The van der Waals surface area contributed by atoms with E-state index in [0.717, 1.165) is 121 Å². The molecule has 8 N–H and O–H groups in total. The van der Waals surface area contributed by atoms with E-state index in [1.165, 1.54) is 83.5 Å². The third-order valence-electron chi connectivity index (χ3n) is 20.8. The zero-order valence-electron chi connectivity index (χ0n) is 77.4. The summed E-state index contributed by atoms with van der Waals surface area (Å²) in [5.74, 6) is 7.68. The van der Waals surface area contributed by atoms with Crippen LogP contribution in [-0.4, -0.2) is 99.5 Å². The number of sulfonamides is 2. The standard InChI is InChI=1S/C19H16F2O5S.C18H16ClN3O2.C17H14F3N3O2S.C16H11ClF3N3O2S.C16H14N2O3S.C13H12N2O5S/c1-19(2)16(11-4-7-13(8-5-11)27(3,23)24)17(18(22)26-19)25-12-6-9-14(20)15(21)10-12;1-11-9-15(10-14-7-8-16(23)21-20-14)22(2)17(11)18(24)12-3-5-13(19)6-4-12;1-11-2-4-12(5-3-11)15-10-16(17(18,19)20)22-23(15)13-6-8-14(9-7-13)26-25-24-21;17-11-3-1-10(2-4-11)14-9-15(16(18,19)20)22-23(14)12-5-7-13(8-6-12)26(21,24)25;1-11-15(12-7-9-14(10-8-12)22-21-20-17)16(18-19-11)13-5-3-2-4-6-13;1-21(18,19)14-12-8-7-10(15(16)17)9-13(12)20-11-5-3-2-4-6-11/h4-10H,1-3H3;3-9H,10H2,1-2H3,(H,21,23);2-10H,21H2,1H3;1-9H,(H2,21,24,25);2-10H,17H2,1H3;2-9,14H,1H3. The Balaban J connectivity index is 0.000000156. The van der Waals surface area contributed by atoms with Gasteiger partial charge < -0.3 is 23.3 Å². The van der Waals surface area contributed by atoms with E-state index in [4.69, 9.17) is 58.9 Å². The number of non-ortho nitro benzene ring substituents is 1. The summed E-state index contributed by atoms with van der Waals surface area (Å²) in [7, 11) is -8.95. The van der Waals surface area contributed by atoms with Crippen molar-refractivity contribution in [1.82, 2.24) is 39.5 Å². The SMILES string of the molecule is CC1(C)OC(=O)C(Oc2ccc(F)c(F)c2)=C1c1ccc(S(C)(=O)=O)cc1.CS(=O)(=O)Nc1ccc([N+](=O)[O-])cc1Oc1ccccc1.Cc1cc(Cc2ccc(=O)[nH]n2)n(C)c1C(=O)c1ccc(Cl)cc1.Cc1ccc(-c2cc(C(F)(F)F)nn2-c2ccc(SOON)cc2)cc1.Cc1onc(-c2ccccc2)c1-c1ccc(SOON)cc1.NS(=O)(=O)c1ccc(-n2nc(C(F)(F)F)cc2-c2ccc(Cl)cc2)cc1. The minimum atomic E-state index is -4.63. The second-order valence-corrected chi connectivity index (χ2v) is 39.6. The fourth-order valence-corrected chi connectivity index (χ4v) is 16.7. The Morgan fingerprint density at radius 2 is 1.08 bits per heavy atom. The minimum absolute atomic E-state index is 0.0488. The van der Waals surface area contributed by atoms with E-state index >= 15 is 0 Å². The molecule has 0 bridgehead atoms. The Labute approximate surface area is 846 Å². The number of nitro benzene ring substituents is 1. The maximum absolute atomic E-state index is 13.4. The Morgan fingerprint density at radius 1 is 0.575 bits per heavy atom. The van der Waals surface area contributed by atoms with E-state index in [2.05, 4.69) is 48.9 Å². The van der Waals surface area contributed by atoms with Crippen LogP contribution in [0.4, 0.5) is 46.5 Å². The molecular weight excluding hydrogens is 2060 g/mol. The first-order valence-corrected chi connectivity index (χ1v) is 49.9. The number of cyclic esters (lactones) is 1. The number of aromatic amines is 1. The molecule has 0 aliphatic carbocycles. The van der Waals surface area contributed by atoms with Crippen LogP contribution in [0.5, 0.6) is 17.2 Å². The van der Waals surface area contributed by atoms with Gasteiger partial charge in [0.15, 0.2) is 38.6 Å². The molecule has 6 heterocycles. The second kappa shape index (κ2) is 47.8. The third-order valence-corrected chi connectivity index (χ3v) is 25.2. The summed E-state index contributed by atoms with van der Waals surface area (Å²) in [6.07, 6.45) is -6.56. The van der Waals surface area contributed by atoms with E-state index in [1.54, 1.807) is 135 Å². The lowest BCUT2D eigenvalue weighted by atomic mass is 9.92. The Kier molecular flexibility index (Phi) is 36.0. The average Bonchev–Trinajstić information content (AvgIpc) is 1.61. The van der Waals surface area contributed by atoms with Gasteiger partial charge in [-0.1, -0.05) is 143 Å². The number of nitro groups is 1. The van der Waals surface area contributed by atoms with E-state index in [1.807, 2.05) is 105 Å². The van der Waals surface area contributed by atoms with Gasteiger partial charge in [0.1, 0.15) is 28.6 Å². The van der Waals surface area contributed by atoms with Crippen molar-refractivity contribution in [3.8, 4) is 73.5 Å². The summed E-state index contributed by atoms with van der Waals surface area (Å²) in [4.78, 5) is 56.0. The van der Waals surface area contributed by atoms with Crippen molar-refractivity contribution >= 4 is 106 Å². The highest BCUT2D eigenvalue weighted by molar-refractivity contribution is 7.94. The van der Waals surface area contributed by atoms with Crippen molar-refractivity contribution in [1.29, 1.82) is 0 Å². The summed E-state index contributed by atoms with van der Waals surface area (Å²) < 4.78 is 211. The highest BCUT2D eigenvalue weighted by atomic mass is 35.5. The van der Waals surface area contributed by atoms with Crippen LogP contribution in [0, 0.1) is 42.5 Å². The van der Waals surface area contributed by atoms with Crippen molar-refractivity contribution in [2.24, 2.45) is 24.0 Å². The van der Waals surface area contributed by atoms with Crippen LogP contribution in [0.15, 0.2) is 332 Å². The largest absolute Gasteiger partial charge is 0.455 e. The number of ketones is 1. The highest BCUT2D eigenvalue weighted by Crippen LogP contribution is 2.44. The molecule has 0 unspecified atom stereocenters. The molecule has 11 aromatic carbocycles. The first-order chi connectivity index (χ1) is 69.0. The number of H-pyrrole nitrogens is 1. The summed E-state index contributed by atoms with van der Waals surface area (Å²) >= 11 is 13.6. The Bertz CT molecular complexity index is 7800. The number of halogens is 10. The zero-order valence-corrected chi connectivity index (χ0v) is 83.0. The van der Waals surface area contributed by atoms with Gasteiger partial charge in [-0.05, 0) is 215 Å². The molecular formula is C99H83Cl2F8N13O19S5. The lowest BCUT2D eigenvalue weighted by Gasteiger charge is -2.21. The molecule has 32 nitrogen and oxygen atoms in total. The van der Waals surface area contributed by atoms with Crippen LogP contribution >= 0.6 is 47.3 Å². The number of carbonyl (C=O) groups is 2. The number of nitrogens with zero attached hydrogens (tertiary/aromatic N) is 8. The van der Waals surface area contributed by atoms with E-state index < -0.39 is 81.8 Å². The van der Waals surface area contributed by atoms with Crippen molar-refractivity contribution in [2.45, 2.75) is 78.6 Å². The molecule has 0 saturated heterocycles. The van der Waals surface area contributed by atoms with Crippen LogP contribution in [0.3, 0.4) is 0 Å². The smallest absolute Gasteiger partial charge is 0.435 e. The molecule has 758 valence electrons. The molecule has 47 heteroatoms. The van der Waals surface area contributed by atoms with Gasteiger partial charge in [-0.3, -0.25) is 24.4 Å². The molecule has 0 amide bonds. The number of rotatable bonds is 26. The number of ether oxygens (including phenoxy) is 3. The van der Waals surface area contributed by atoms with Gasteiger partial charge in [0.2, 0.25) is 31.6 Å². The molecule has 0 fully saturated rings. The number of esters is 1. The molecule has 0 radical (unpaired) electrons. The number of nitrogens with two attached hydrogens (primary N) is 3. The number of carbonyl (C=O) groups excluding carboxylic acids is 2. The highest BCUT2D eigenvalue weighted by Gasteiger charge is 2.44. The molecule has 0 atom stereocenters. The molecule has 0 spiro atoms. The zero-order chi connectivity index (χ0) is 106. The number of alkyl halides is 6. The first-order valence-electron chi connectivity index (χ1n) is 42.4. The number of hydrogen-bond acceptors (Lipinski definition) is 27. The number of sulfone groups is 1. The number of benzene rings is 11. The fraction of sp³-hybridized carbons (Fsp3) is 0.121. The van der Waals surface area contributed by atoms with Crippen LogP contribution in [0.25, 0.3) is 61.8 Å². The van der Waals surface area contributed by atoms with Crippen LogP contribution in [0.1, 0.15) is 75.1 Å². The molecule has 1 aliphatic rings. The lowest BCUT2D eigenvalue weighted by molar-refractivity contribution is -0.384. The topological polar surface area (TPSA) is 447 Å². The second-order valence-electron chi connectivity index (χ2n) is 31.9. The molecule has 16 aromatic rings. The van der Waals surface area contributed by atoms with Crippen molar-refractivity contribution in [2.75, 3.05) is 17.2 Å². The summed E-state index contributed by atoms with van der Waals surface area (Å²) in [5, 5.41) is 34.9. The van der Waals surface area contributed by atoms with Crippen molar-refractivity contribution in [3.05, 3.63) is 402 Å². The van der Waals surface area contributed by atoms with Crippen molar-refractivity contribution < 1.29 is 112 Å². The molecule has 17 rings (SSSR count). The van der Waals surface area contributed by atoms with Gasteiger partial charge in [-0.25, -0.2) is 58.4 Å². The number of anilines is 1. The van der Waals surface area contributed by atoms with Crippen molar-refractivity contribution in [3.63, 3.8) is 0 Å². The van der Waals surface area contributed by atoms with Gasteiger partial charge in [-0.15, -0.1) is 18.6 Å². The predicted octanol–water partition coefficient (Wildman–Crippen LogP) is 21.8. The Morgan fingerprint density at radius 3 is 1.58 bits per heavy atom. The summed E-state index contributed by atoms with van der Waals surface area (Å²) in [6.45, 7) is 9.01. The quantitative estimate of drug-likeness (QED) is 0.00639. The van der Waals surface area contributed by atoms with E-state index in [-0.39, 0.29) is 61.1 Å². The Hall–Kier alpha value is -14.8. The monoisotopic (exact) mass is 2140 g/mol. The summed E-state index contributed by atoms with van der Waals surface area (Å²) in [6, 6.07) is 77.7. The van der Waals surface area contributed by atoms with Gasteiger partial charge >= 0.3 is 18.3 Å². The van der Waals surface area contributed by atoms with Gasteiger partial charge in [0.25, 0.3) is 11.2 Å². The lowest BCUT2D eigenvalue weighted by Crippen LogP contribution is -2.22. The number of para-hydroxylation sites is 1. The van der Waals surface area contributed by atoms with E-state index in [0.29, 0.717) is 72.0 Å². The van der Waals surface area contributed by atoms with Crippen LogP contribution in [0.2, 0.25) is 10.0 Å². The average molecular weight is 2140 g/mol.